The fourth-order valence-corrected chi connectivity index (χ4v) is 4.29. The third kappa shape index (κ3) is 4.88. The number of carbonyl (C=O) groups excluding carboxylic acids is 2. The van der Waals surface area contributed by atoms with Crippen molar-refractivity contribution in [2.24, 2.45) is 0 Å². The van der Waals surface area contributed by atoms with Crippen LogP contribution in [0.1, 0.15) is 27.2 Å². The number of thioether (sulfide) groups is 1. The number of nitrogens with one attached hydrogen (secondary N) is 2. The summed E-state index contributed by atoms with van der Waals surface area (Å²) in [6.07, 6.45) is 0. The van der Waals surface area contributed by atoms with Crippen molar-refractivity contribution in [1.29, 1.82) is 0 Å². The van der Waals surface area contributed by atoms with Crippen LogP contribution in [0.5, 0.6) is 5.75 Å². The molecule has 1 aliphatic rings. The lowest BCUT2D eigenvalue weighted by atomic mass is 10.2. The van der Waals surface area contributed by atoms with Gasteiger partial charge in [-0.25, -0.2) is 9.07 Å². The summed E-state index contributed by atoms with van der Waals surface area (Å²) in [7, 11) is 1.54. The van der Waals surface area contributed by atoms with Crippen LogP contribution in [0.25, 0.3) is 0 Å². The molecule has 0 radical (unpaired) electrons. The van der Waals surface area contributed by atoms with Gasteiger partial charge in [0.05, 0.1) is 12.8 Å². The van der Waals surface area contributed by atoms with Crippen LogP contribution in [0.15, 0.2) is 48.5 Å². The number of ether oxygens (including phenoxy) is 1. The van der Waals surface area contributed by atoms with Crippen molar-refractivity contribution in [2.75, 3.05) is 12.4 Å². The van der Waals surface area contributed by atoms with E-state index in [2.05, 4.69) is 15.7 Å². The molecule has 0 saturated carbocycles. The van der Waals surface area contributed by atoms with E-state index in [-0.39, 0.29) is 30.7 Å². The first kappa shape index (κ1) is 20.9. The molecular formula is C22H21FN4O3S. The van der Waals surface area contributed by atoms with E-state index in [0.29, 0.717) is 17.1 Å². The summed E-state index contributed by atoms with van der Waals surface area (Å²) in [4.78, 5) is 25.3. The second kappa shape index (κ2) is 9.22. The summed E-state index contributed by atoms with van der Waals surface area (Å²) in [5.74, 6) is 1.70. The van der Waals surface area contributed by atoms with Crippen LogP contribution < -0.4 is 15.4 Å². The summed E-state index contributed by atoms with van der Waals surface area (Å²) >= 11 is 1.71. The highest BCUT2D eigenvalue weighted by Crippen LogP contribution is 2.35. The minimum Gasteiger partial charge on any atom is -0.497 e. The maximum atomic E-state index is 13.0. The van der Waals surface area contributed by atoms with Crippen LogP contribution in [0.4, 0.5) is 10.2 Å². The highest BCUT2D eigenvalue weighted by Gasteiger charge is 2.25. The van der Waals surface area contributed by atoms with E-state index in [1.165, 1.54) is 16.8 Å². The number of hydrogen-bond donors (Lipinski definition) is 2. The molecule has 3 aromatic rings. The van der Waals surface area contributed by atoms with Crippen molar-refractivity contribution >= 4 is 29.4 Å². The van der Waals surface area contributed by atoms with Gasteiger partial charge in [0.25, 0.3) is 5.91 Å². The normalized spacial score (nSPS) is 12.3. The molecule has 0 spiro atoms. The zero-order valence-corrected chi connectivity index (χ0v) is 17.7. The molecule has 1 aliphatic heterocycles. The summed E-state index contributed by atoms with van der Waals surface area (Å²) in [5.41, 5.74) is 3.05. The maximum Gasteiger partial charge on any atom is 0.256 e. The summed E-state index contributed by atoms with van der Waals surface area (Å²) in [6.45, 7) is 0.244. The van der Waals surface area contributed by atoms with Gasteiger partial charge in [-0.2, -0.15) is 16.9 Å². The van der Waals surface area contributed by atoms with Crippen molar-refractivity contribution in [3.8, 4) is 5.75 Å². The average Bonchev–Trinajstić information content (AvgIpc) is 3.36. The van der Waals surface area contributed by atoms with E-state index in [4.69, 9.17) is 4.74 Å². The molecule has 2 N–H and O–H groups in total. The van der Waals surface area contributed by atoms with Crippen molar-refractivity contribution in [1.82, 2.24) is 15.1 Å². The lowest BCUT2D eigenvalue weighted by molar-refractivity contribution is -0.122. The highest BCUT2D eigenvalue weighted by atomic mass is 32.2. The highest BCUT2D eigenvalue weighted by molar-refractivity contribution is 7.98. The Balaban J connectivity index is 1.47. The lowest BCUT2D eigenvalue weighted by Gasteiger charge is -2.12. The lowest BCUT2D eigenvalue weighted by Crippen LogP contribution is -2.28. The minimum atomic E-state index is -0.324. The van der Waals surface area contributed by atoms with Crippen LogP contribution >= 0.6 is 11.8 Å². The van der Waals surface area contributed by atoms with Crippen LogP contribution in [0.2, 0.25) is 0 Å². The topological polar surface area (TPSA) is 85.2 Å². The Bertz CT molecular complexity index is 1110. The van der Waals surface area contributed by atoms with Gasteiger partial charge in [0.1, 0.15) is 23.9 Å². The standard InChI is InChI=1S/C22H21FN4O3S/c1-30-17-4-2-3-15(9-17)22(29)25-21-18-12-31-13-19(18)26-27(21)11-20(28)24-10-14-5-7-16(23)8-6-14/h2-9H,10-13H2,1H3,(H,24,28)(H,25,29). The van der Waals surface area contributed by atoms with Crippen LogP contribution in [0, 0.1) is 5.82 Å². The number of benzene rings is 2. The first-order valence-corrected chi connectivity index (χ1v) is 10.8. The molecule has 2 aromatic carbocycles. The predicted octanol–water partition coefficient (Wildman–Crippen LogP) is 3.35. The molecule has 31 heavy (non-hydrogen) atoms. The molecule has 7 nitrogen and oxygen atoms in total. The number of halogens is 1. The van der Waals surface area contributed by atoms with E-state index in [0.717, 1.165) is 28.3 Å². The number of anilines is 1. The zero-order chi connectivity index (χ0) is 21.8. The Morgan fingerprint density at radius 1 is 1.19 bits per heavy atom. The second-order valence-electron chi connectivity index (χ2n) is 7.01. The number of amides is 2. The second-order valence-corrected chi connectivity index (χ2v) is 8.00. The van der Waals surface area contributed by atoms with E-state index >= 15 is 0 Å². The number of nitrogens with zero attached hydrogens (tertiary/aromatic N) is 2. The van der Waals surface area contributed by atoms with Crippen LogP contribution in [-0.4, -0.2) is 28.7 Å². The Morgan fingerprint density at radius 3 is 2.77 bits per heavy atom. The molecule has 0 fully saturated rings. The van der Waals surface area contributed by atoms with E-state index in [1.807, 2.05) is 0 Å². The number of methoxy groups -OCH3 is 1. The Morgan fingerprint density at radius 2 is 2.00 bits per heavy atom. The van der Waals surface area contributed by atoms with Gasteiger partial charge in [-0.15, -0.1) is 0 Å². The van der Waals surface area contributed by atoms with E-state index in [1.54, 1.807) is 55.3 Å². The van der Waals surface area contributed by atoms with Gasteiger partial charge in [-0.05, 0) is 35.9 Å². The molecule has 0 unspecified atom stereocenters. The molecule has 2 heterocycles. The molecule has 9 heteroatoms. The van der Waals surface area contributed by atoms with Crippen LogP contribution in [0.3, 0.4) is 0 Å². The number of fused-ring (bicyclic) bond motifs is 1. The molecule has 160 valence electrons. The maximum absolute atomic E-state index is 13.0. The smallest absolute Gasteiger partial charge is 0.256 e. The molecule has 0 aliphatic carbocycles. The summed E-state index contributed by atoms with van der Waals surface area (Å²) in [6, 6.07) is 12.8. The monoisotopic (exact) mass is 440 g/mol. The molecule has 2 amide bonds. The molecule has 0 bridgehead atoms. The van der Waals surface area contributed by atoms with Gasteiger partial charge in [0.2, 0.25) is 5.91 Å². The van der Waals surface area contributed by atoms with E-state index in [9.17, 15) is 14.0 Å². The summed E-state index contributed by atoms with van der Waals surface area (Å²) < 4.78 is 19.7. The number of aromatic nitrogens is 2. The van der Waals surface area contributed by atoms with Gasteiger partial charge in [0, 0.05) is 29.2 Å². The van der Waals surface area contributed by atoms with Crippen molar-refractivity contribution in [2.45, 2.75) is 24.6 Å². The molecule has 0 atom stereocenters. The van der Waals surface area contributed by atoms with E-state index < -0.39 is 0 Å². The van der Waals surface area contributed by atoms with Gasteiger partial charge in [0.15, 0.2) is 0 Å². The predicted molar refractivity (Wildman–Crippen MR) is 116 cm³/mol. The first-order valence-electron chi connectivity index (χ1n) is 9.66. The van der Waals surface area contributed by atoms with Gasteiger partial charge in [-0.1, -0.05) is 18.2 Å². The van der Waals surface area contributed by atoms with Gasteiger partial charge in [-0.3, -0.25) is 9.59 Å². The third-order valence-electron chi connectivity index (χ3n) is 4.88. The number of carbonyl (C=O) groups is 2. The molecular weight excluding hydrogens is 419 g/mol. The Kier molecular flexibility index (Phi) is 6.22. The molecule has 1 aromatic heterocycles. The van der Waals surface area contributed by atoms with Gasteiger partial charge >= 0.3 is 0 Å². The average molecular weight is 441 g/mol. The first-order chi connectivity index (χ1) is 15.0. The zero-order valence-electron chi connectivity index (χ0n) is 16.9. The minimum absolute atomic E-state index is 0.0351. The number of hydrogen-bond acceptors (Lipinski definition) is 5. The van der Waals surface area contributed by atoms with Crippen LogP contribution in [-0.2, 0) is 29.4 Å². The third-order valence-corrected chi connectivity index (χ3v) is 5.85. The van der Waals surface area contributed by atoms with Gasteiger partial charge < -0.3 is 15.4 Å². The fourth-order valence-electron chi connectivity index (χ4n) is 3.26. The summed E-state index contributed by atoms with van der Waals surface area (Å²) in [5, 5.41) is 10.2. The Hall–Kier alpha value is -3.33. The molecule has 4 rings (SSSR count). The Labute approximate surface area is 183 Å². The fraction of sp³-hybridized carbons (Fsp3) is 0.227. The largest absolute Gasteiger partial charge is 0.497 e. The quantitative estimate of drug-likeness (QED) is 0.589. The number of rotatable bonds is 7. The van der Waals surface area contributed by atoms with Crippen molar-refractivity contribution in [3.05, 3.63) is 76.7 Å². The SMILES string of the molecule is COc1cccc(C(=O)Nc2c3c(nn2CC(=O)NCc2ccc(F)cc2)CSC3)c1. The van der Waals surface area contributed by atoms with Crippen molar-refractivity contribution < 1.29 is 18.7 Å². The van der Waals surface area contributed by atoms with Crippen molar-refractivity contribution in [3.63, 3.8) is 0 Å². The molecule has 0 saturated heterocycles.